The highest BCUT2D eigenvalue weighted by Gasteiger charge is 2.11. The van der Waals surface area contributed by atoms with Crippen LogP contribution in [0, 0.1) is 5.82 Å². The summed E-state index contributed by atoms with van der Waals surface area (Å²) in [6.45, 7) is 1.36. The number of hydrogen-bond donors (Lipinski definition) is 0. The molecule has 92 valence electrons. The molecule has 0 radical (unpaired) electrons. The molecule has 0 fully saturated rings. The lowest BCUT2D eigenvalue weighted by Crippen LogP contribution is -2.30. The third-order valence-corrected chi connectivity index (χ3v) is 2.62. The minimum atomic E-state index is -0.263. The zero-order chi connectivity index (χ0) is 12.8. The quantitative estimate of drug-likeness (QED) is 0.804. The number of benzene rings is 1. The van der Waals surface area contributed by atoms with Gasteiger partial charge in [0.05, 0.1) is 0 Å². The van der Waals surface area contributed by atoms with Crippen molar-refractivity contribution < 1.29 is 14.0 Å². The van der Waals surface area contributed by atoms with E-state index in [1.807, 2.05) is 0 Å². The second-order valence-electron chi connectivity index (χ2n) is 3.95. The normalized spacial score (nSPS) is 10.1. The van der Waals surface area contributed by atoms with Crippen molar-refractivity contribution in [3.8, 4) is 0 Å². The fourth-order valence-corrected chi connectivity index (χ4v) is 1.44. The topological polar surface area (TPSA) is 37.4 Å². The molecule has 4 heteroatoms. The van der Waals surface area contributed by atoms with Crippen molar-refractivity contribution in [3.63, 3.8) is 0 Å². The summed E-state index contributed by atoms with van der Waals surface area (Å²) in [4.78, 5) is 23.5. The minimum Gasteiger partial charge on any atom is -0.286 e. The van der Waals surface area contributed by atoms with Crippen LogP contribution in [0.2, 0.25) is 0 Å². The fourth-order valence-electron chi connectivity index (χ4n) is 1.44. The lowest BCUT2D eigenvalue weighted by molar-refractivity contribution is -0.141. The molecule has 3 nitrogen and oxygen atoms in total. The molecule has 0 heterocycles. The lowest BCUT2D eigenvalue weighted by atomic mass is 10.1. The molecule has 0 aliphatic rings. The Morgan fingerprint density at radius 3 is 2.35 bits per heavy atom. The number of hydrogen-bond acceptors (Lipinski definition) is 2. The summed E-state index contributed by atoms with van der Waals surface area (Å²) in [5.74, 6) is -0.697. The van der Waals surface area contributed by atoms with E-state index in [1.54, 1.807) is 12.1 Å². The van der Waals surface area contributed by atoms with Crippen molar-refractivity contribution in [2.75, 3.05) is 7.05 Å². The summed E-state index contributed by atoms with van der Waals surface area (Å²) in [6, 6.07) is 6.21. The van der Waals surface area contributed by atoms with Gasteiger partial charge in [0.15, 0.2) is 0 Å². The maximum absolute atomic E-state index is 12.6. The fraction of sp³-hybridized carbons (Fsp3) is 0.385. The number of rotatable bonds is 4. The Hall–Kier alpha value is -1.71. The zero-order valence-electron chi connectivity index (χ0n) is 10.1. The molecule has 0 aliphatic carbocycles. The predicted molar refractivity (Wildman–Crippen MR) is 62.8 cm³/mol. The van der Waals surface area contributed by atoms with Crippen LogP contribution in [0.5, 0.6) is 0 Å². The van der Waals surface area contributed by atoms with Gasteiger partial charge in [0.1, 0.15) is 5.82 Å². The molecule has 0 bridgehead atoms. The molecule has 0 N–H and O–H groups in total. The summed E-state index contributed by atoms with van der Waals surface area (Å²) < 4.78 is 12.6. The minimum absolute atomic E-state index is 0.181. The first-order chi connectivity index (χ1) is 8.00. The molecule has 0 spiro atoms. The molecule has 17 heavy (non-hydrogen) atoms. The smallest absolute Gasteiger partial charge is 0.228 e. The Balaban J connectivity index is 2.35. The Morgan fingerprint density at radius 2 is 1.82 bits per heavy atom. The molecular weight excluding hydrogens is 221 g/mol. The Morgan fingerprint density at radius 1 is 1.24 bits per heavy atom. The molecule has 1 rings (SSSR count). The summed E-state index contributed by atoms with van der Waals surface area (Å²) >= 11 is 0. The van der Waals surface area contributed by atoms with Crippen LogP contribution < -0.4 is 0 Å². The number of carbonyl (C=O) groups is 2. The van der Waals surface area contributed by atoms with Gasteiger partial charge in [0, 0.05) is 20.4 Å². The Bertz CT molecular complexity index is 400. The summed E-state index contributed by atoms with van der Waals surface area (Å²) in [7, 11) is 1.47. The van der Waals surface area contributed by atoms with Crippen LogP contribution >= 0.6 is 0 Å². The molecule has 1 aromatic rings. The lowest BCUT2D eigenvalue weighted by Gasteiger charge is -2.12. The van der Waals surface area contributed by atoms with Gasteiger partial charge >= 0.3 is 0 Å². The van der Waals surface area contributed by atoms with E-state index in [-0.39, 0.29) is 17.6 Å². The van der Waals surface area contributed by atoms with E-state index in [0.717, 1.165) is 10.5 Å². The van der Waals surface area contributed by atoms with Crippen molar-refractivity contribution in [1.29, 1.82) is 0 Å². The predicted octanol–water partition coefficient (Wildman–Crippen LogP) is 2.15. The summed E-state index contributed by atoms with van der Waals surface area (Å²) in [6.07, 6.45) is 1.69. The van der Waals surface area contributed by atoms with Crippen LogP contribution in [0.1, 0.15) is 25.3 Å². The summed E-state index contributed by atoms with van der Waals surface area (Å²) in [5, 5.41) is 0. The van der Waals surface area contributed by atoms with Gasteiger partial charge in [-0.15, -0.1) is 0 Å². The molecule has 0 atom stereocenters. The second-order valence-corrected chi connectivity index (χ2v) is 3.95. The first kappa shape index (κ1) is 13.4. The highest BCUT2D eigenvalue weighted by molar-refractivity contribution is 5.93. The number of carbonyl (C=O) groups excluding carboxylic acids is 2. The van der Waals surface area contributed by atoms with E-state index in [4.69, 9.17) is 0 Å². The van der Waals surface area contributed by atoms with Crippen LogP contribution in [0.15, 0.2) is 24.3 Å². The van der Waals surface area contributed by atoms with E-state index in [2.05, 4.69) is 0 Å². The highest BCUT2D eigenvalue weighted by Crippen LogP contribution is 2.07. The molecule has 0 saturated carbocycles. The average Bonchev–Trinajstić information content (AvgIpc) is 2.30. The van der Waals surface area contributed by atoms with Crippen LogP contribution in [-0.4, -0.2) is 23.8 Å². The van der Waals surface area contributed by atoms with Gasteiger partial charge in [-0.1, -0.05) is 12.1 Å². The van der Waals surface area contributed by atoms with Crippen molar-refractivity contribution >= 4 is 11.8 Å². The molecule has 0 aromatic heterocycles. The second kappa shape index (κ2) is 6.13. The average molecular weight is 237 g/mol. The van der Waals surface area contributed by atoms with E-state index < -0.39 is 0 Å². The monoisotopic (exact) mass is 237 g/mol. The van der Waals surface area contributed by atoms with Crippen molar-refractivity contribution in [3.05, 3.63) is 35.6 Å². The van der Waals surface area contributed by atoms with Gasteiger partial charge in [-0.05, 0) is 30.5 Å². The molecule has 0 unspecified atom stereocenters. The van der Waals surface area contributed by atoms with E-state index >= 15 is 0 Å². The maximum Gasteiger partial charge on any atom is 0.228 e. The van der Waals surface area contributed by atoms with Gasteiger partial charge in [-0.3, -0.25) is 14.5 Å². The third-order valence-electron chi connectivity index (χ3n) is 2.62. The SMILES string of the molecule is CC(=O)N(C)C(=O)CCCc1ccc(F)cc1. The third kappa shape index (κ3) is 4.34. The standard InChI is InChI=1S/C13H16FNO2/c1-10(16)15(2)13(17)5-3-4-11-6-8-12(14)9-7-11/h6-9H,3-5H2,1-2H3. The van der Waals surface area contributed by atoms with Crippen LogP contribution in [0.3, 0.4) is 0 Å². The Labute approximate surface area is 100 Å². The number of imide groups is 1. The van der Waals surface area contributed by atoms with E-state index in [1.165, 1.54) is 26.1 Å². The first-order valence-corrected chi connectivity index (χ1v) is 5.52. The maximum atomic E-state index is 12.6. The number of nitrogens with zero attached hydrogens (tertiary/aromatic N) is 1. The highest BCUT2D eigenvalue weighted by atomic mass is 19.1. The molecule has 0 saturated heterocycles. The first-order valence-electron chi connectivity index (χ1n) is 5.52. The van der Waals surface area contributed by atoms with Crippen molar-refractivity contribution in [1.82, 2.24) is 4.90 Å². The van der Waals surface area contributed by atoms with Gasteiger partial charge in [-0.2, -0.15) is 0 Å². The van der Waals surface area contributed by atoms with E-state index in [0.29, 0.717) is 19.3 Å². The largest absolute Gasteiger partial charge is 0.286 e. The van der Waals surface area contributed by atoms with Crippen molar-refractivity contribution in [2.24, 2.45) is 0 Å². The number of amides is 2. The number of halogens is 1. The number of aryl methyl sites for hydroxylation is 1. The van der Waals surface area contributed by atoms with Gasteiger partial charge < -0.3 is 0 Å². The van der Waals surface area contributed by atoms with Gasteiger partial charge in [-0.25, -0.2) is 4.39 Å². The zero-order valence-corrected chi connectivity index (χ0v) is 10.1. The van der Waals surface area contributed by atoms with Gasteiger partial charge in [0.2, 0.25) is 11.8 Å². The van der Waals surface area contributed by atoms with Crippen LogP contribution in [0.4, 0.5) is 4.39 Å². The van der Waals surface area contributed by atoms with Crippen LogP contribution in [-0.2, 0) is 16.0 Å². The molecule has 2 amide bonds. The van der Waals surface area contributed by atoms with Gasteiger partial charge in [0.25, 0.3) is 0 Å². The molecule has 0 aliphatic heterocycles. The molecular formula is C13H16FNO2. The van der Waals surface area contributed by atoms with Crippen molar-refractivity contribution in [2.45, 2.75) is 26.2 Å². The van der Waals surface area contributed by atoms with Crippen LogP contribution in [0.25, 0.3) is 0 Å². The summed E-state index contributed by atoms with van der Waals surface area (Å²) in [5.41, 5.74) is 0.990. The van der Waals surface area contributed by atoms with E-state index in [9.17, 15) is 14.0 Å². The Kier molecular flexibility index (Phi) is 4.82. The molecule has 1 aromatic carbocycles.